The molecule has 1 aliphatic rings. The molecule has 0 bridgehead atoms. The number of ether oxygens (including phenoxy) is 1. The number of aliphatic carboxylic acids is 1. The predicted molar refractivity (Wildman–Crippen MR) is 126 cm³/mol. The Morgan fingerprint density at radius 3 is 1.91 bits per heavy atom. The van der Waals surface area contributed by atoms with Gasteiger partial charge in [0.05, 0.1) is 0 Å². The minimum Gasteiger partial charge on any atom is -0.480 e. The van der Waals surface area contributed by atoms with E-state index in [9.17, 15) is 19.5 Å². The molecule has 33 heavy (non-hydrogen) atoms. The molecule has 176 valence electrons. The first-order valence-electron chi connectivity index (χ1n) is 11.3. The van der Waals surface area contributed by atoms with Gasteiger partial charge in [-0.2, -0.15) is 0 Å². The molecule has 0 unspecified atom stereocenters. The van der Waals surface area contributed by atoms with E-state index in [1.54, 1.807) is 13.8 Å². The Morgan fingerprint density at radius 2 is 1.42 bits per heavy atom. The third kappa shape index (κ3) is 5.72. The number of alkyl carbamates (subject to hydrolysis) is 1. The zero-order valence-electron chi connectivity index (χ0n) is 19.5. The van der Waals surface area contributed by atoms with Crippen LogP contribution in [0.15, 0.2) is 48.5 Å². The van der Waals surface area contributed by atoms with E-state index in [4.69, 9.17) is 4.74 Å². The van der Waals surface area contributed by atoms with E-state index >= 15 is 0 Å². The number of hydrogen-bond donors (Lipinski definition) is 3. The summed E-state index contributed by atoms with van der Waals surface area (Å²) in [7, 11) is 0. The quantitative estimate of drug-likeness (QED) is 0.530. The van der Waals surface area contributed by atoms with Crippen LogP contribution in [0.1, 0.15) is 51.2 Å². The van der Waals surface area contributed by atoms with Crippen LogP contribution in [-0.4, -0.2) is 41.8 Å². The van der Waals surface area contributed by atoms with Crippen molar-refractivity contribution in [2.24, 2.45) is 11.8 Å². The SMILES string of the molecule is CC(C)[C@H](CC(=O)N[C@@H](C(=O)O)C(C)C)NC(=O)OCC1c2ccccc2-c2ccccc21. The van der Waals surface area contributed by atoms with Gasteiger partial charge in [0.15, 0.2) is 0 Å². The summed E-state index contributed by atoms with van der Waals surface area (Å²) in [4.78, 5) is 36.4. The summed E-state index contributed by atoms with van der Waals surface area (Å²) in [6.45, 7) is 7.42. The standard InChI is InChI=1S/C26H32N2O5/c1-15(2)22(13-23(29)28-24(16(3)4)25(30)31)27-26(32)33-14-21-19-11-7-5-9-17(19)18-10-6-8-12-20(18)21/h5-12,15-16,21-22,24H,13-14H2,1-4H3,(H,27,32)(H,28,29)(H,30,31)/t22-,24+/m0/s1. The van der Waals surface area contributed by atoms with Gasteiger partial charge in [0.1, 0.15) is 12.6 Å². The van der Waals surface area contributed by atoms with Crippen LogP contribution in [0.5, 0.6) is 0 Å². The van der Waals surface area contributed by atoms with Crippen molar-refractivity contribution in [3.63, 3.8) is 0 Å². The maximum Gasteiger partial charge on any atom is 0.407 e. The van der Waals surface area contributed by atoms with Crippen molar-refractivity contribution in [3.05, 3.63) is 59.7 Å². The summed E-state index contributed by atoms with van der Waals surface area (Å²) in [6.07, 6.45) is -0.625. The first-order valence-corrected chi connectivity index (χ1v) is 11.3. The third-order valence-electron chi connectivity index (χ3n) is 6.11. The second-order valence-electron chi connectivity index (χ2n) is 9.15. The van der Waals surface area contributed by atoms with Crippen molar-refractivity contribution >= 4 is 18.0 Å². The molecule has 7 nitrogen and oxygen atoms in total. The highest BCUT2D eigenvalue weighted by atomic mass is 16.5. The van der Waals surface area contributed by atoms with Crippen molar-refractivity contribution in [1.82, 2.24) is 10.6 Å². The number of carboxylic acid groups (broad SMARTS) is 1. The maximum atomic E-state index is 12.6. The van der Waals surface area contributed by atoms with Crippen LogP contribution in [0.4, 0.5) is 4.79 Å². The molecule has 0 aliphatic heterocycles. The fourth-order valence-corrected chi connectivity index (χ4v) is 4.19. The fourth-order valence-electron chi connectivity index (χ4n) is 4.19. The van der Waals surface area contributed by atoms with E-state index in [2.05, 4.69) is 34.9 Å². The first-order chi connectivity index (χ1) is 15.7. The van der Waals surface area contributed by atoms with Crippen molar-refractivity contribution < 1.29 is 24.2 Å². The van der Waals surface area contributed by atoms with Crippen LogP contribution in [0.3, 0.4) is 0 Å². The topological polar surface area (TPSA) is 105 Å². The normalized spacial score (nSPS) is 14.4. The summed E-state index contributed by atoms with van der Waals surface area (Å²) in [5.41, 5.74) is 4.55. The molecule has 2 atom stereocenters. The van der Waals surface area contributed by atoms with Crippen LogP contribution < -0.4 is 10.6 Å². The molecule has 1 aliphatic carbocycles. The molecular weight excluding hydrogens is 420 g/mol. The summed E-state index contributed by atoms with van der Waals surface area (Å²) in [5.74, 6) is -1.85. The Bertz CT molecular complexity index is 972. The second-order valence-corrected chi connectivity index (χ2v) is 9.15. The third-order valence-corrected chi connectivity index (χ3v) is 6.11. The van der Waals surface area contributed by atoms with Gasteiger partial charge >= 0.3 is 12.1 Å². The van der Waals surface area contributed by atoms with Gasteiger partial charge in [0.2, 0.25) is 5.91 Å². The lowest BCUT2D eigenvalue weighted by molar-refractivity contribution is -0.143. The lowest BCUT2D eigenvalue weighted by atomic mass is 9.98. The predicted octanol–water partition coefficient (Wildman–Crippen LogP) is 4.17. The molecular formula is C26H32N2O5. The van der Waals surface area contributed by atoms with Gasteiger partial charge in [-0.25, -0.2) is 9.59 Å². The van der Waals surface area contributed by atoms with Crippen LogP contribution in [0.25, 0.3) is 11.1 Å². The maximum absolute atomic E-state index is 12.6. The van der Waals surface area contributed by atoms with Gasteiger partial charge in [0, 0.05) is 18.4 Å². The number of amides is 2. The lowest BCUT2D eigenvalue weighted by Gasteiger charge is -2.24. The highest BCUT2D eigenvalue weighted by molar-refractivity contribution is 5.84. The molecule has 0 aromatic heterocycles. The lowest BCUT2D eigenvalue weighted by Crippen LogP contribution is -2.48. The van der Waals surface area contributed by atoms with Crippen LogP contribution in [-0.2, 0) is 14.3 Å². The Morgan fingerprint density at radius 1 is 0.879 bits per heavy atom. The van der Waals surface area contributed by atoms with Gasteiger partial charge in [-0.1, -0.05) is 76.2 Å². The minimum absolute atomic E-state index is 0.0294. The smallest absolute Gasteiger partial charge is 0.407 e. The van der Waals surface area contributed by atoms with Crippen molar-refractivity contribution in [1.29, 1.82) is 0 Å². The largest absolute Gasteiger partial charge is 0.480 e. The molecule has 0 fully saturated rings. The molecule has 2 aromatic rings. The number of carbonyl (C=O) groups excluding carboxylic acids is 2. The summed E-state index contributed by atoms with van der Waals surface area (Å²) < 4.78 is 5.58. The van der Waals surface area contributed by atoms with Gasteiger partial charge < -0.3 is 20.5 Å². The van der Waals surface area contributed by atoms with E-state index < -0.39 is 30.1 Å². The number of carbonyl (C=O) groups is 3. The monoisotopic (exact) mass is 452 g/mol. The highest BCUT2D eigenvalue weighted by Crippen LogP contribution is 2.44. The Balaban J connectivity index is 1.61. The van der Waals surface area contributed by atoms with Crippen LogP contribution in [0, 0.1) is 11.8 Å². The molecule has 0 saturated carbocycles. The fraction of sp³-hybridized carbons (Fsp3) is 0.423. The Kier molecular flexibility index (Phi) is 7.74. The zero-order valence-corrected chi connectivity index (χ0v) is 19.5. The molecule has 0 spiro atoms. The number of benzene rings is 2. The van der Waals surface area contributed by atoms with E-state index in [0.29, 0.717) is 0 Å². The number of rotatable bonds is 9. The molecule has 0 saturated heterocycles. The molecule has 2 amide bonds. The molecule has 2 aromatic carbocycles. The van der Waals surface area contributed by atoms with Crippen molar-refractivity contribution in [2.75, 3.05) is 6.61 Å². The van der Waals surface area contributed by atoms with Crippen molar-refractivity contribution in [2.45, 2.75) is 52.1 Å². The number of fused-ring (bicyclic) bond motifs is 3. The highest BCUT2D eigenvalue weighted by Gasteiger charge is 2.30. The van der Waals surface area contributed by atoms with Gasteiger partial charge in [-0.05, 0) is 34.1 Å². The average Bonchev–Trinajstić information content (AvgIpc) is 3.09. The van der Waals surface area contributed by atoms with Crippen molar-refractivity contribution in [3.8, 4) is 11.1 Å². The van der Waals surface area contributed by atoms with Gasteiger partial charge in [0.25, 0.3) is 0 Å². The molecule has 3 rings (SSSR count). The first kappa shape index (κ1) is 24.3. The van der Waals surface area contributed by atoms with Gasteiger partial charge in [-0.3, -0.25) is 4.79 Å². The van der Waals surface area contributed by atoms with E-state index in [1.165, 1.54) is 0 Å². The average molecular weight is 453 g/mol. The summed E-state index contributed by atoms with van der Waals surface area (Å²) in [5, 5.41) is 14.6. The van der Waals surface area contributed by atoms with E-state index in [-0.39, 0.29) is 30.8 Å². The molecule has 0 radical (unpaired) electrons. The Hall–Kier alpha value is -3.35. The zero-order chi connectivity index (χ0) is 24.1. The summed E-state index contributed by atoms with van der Waals surface area (Å²) >= 11 is 0. The van der Waals surface area contributed by atoms with Crippen LogP contribution >= 0.6 is 0 Å². The second kappa shape index (κ2) is 10.5. The minimum atomic E-state index is -1.08. The molecule has 0 heterocycles. The molecule has 3 N–H and O–H groups in total. The van der Waals surface area contributed by atoms with Gasteiger partial charge in [-0.15, -0.1) is 0 Å². The molecule has 7 heteroatoms. The number of nitrogens with one attached hydrogen (secondary N) is 2. The summed E-state index contributed by atoms with van der Waals surface area (Å²) in [6, 6.07) is 14.7. The van der Waals surface area contributed by atoms with Crippen LogP contribution in [0.2, 0.25) is 0 Å². The van der Waals surface area contributed by atoms with E-state index in [1.807, 2.05) is 38.1 Å². The number of hydrogen-bond acceptors (Lipinski definition) is 4. The van der Waals surface area contributed by atoms with E-state index in [0.717, 1.165) is 22.3 Å². The number of carboxylic acids is 1. The Labute approximate surface area is 194 Å².